The van der Waals surface area contributed by atoms with Crippen molar-refractivity contribution in [1.82, 2.24) is 19.5 Å². The molecule has 3 rings (SSSR count). The third-order valence-corrected chi connectivity index (χ3v) is 3.80. The molecule has 0 aliphatic rings. The second-order valence-electron chi connectivity index (χ2n) is 4.45. The lowest BCUT2D eigenvalue weighted by Gasteiger charge is -2.04. The number of aromatic nitrogens is 4. The summed E-state index contributed by atoms with van der Waals surface area (Å²) in [6, 6.07) is 5.42. The Kier molecular flexibility index (Phi) is 3.17. The summed E-state index contributed by atoms with van der Waals surface area (Å²) in [5, 5.41) is 0. The van der Waals surface area contributed by atoms with Gasteiger partial charge in [0, 0.05) is 12.6 Å². The predicted octanol–water partition coefficient (Wildman–Crippen LogP) is 1.39. The number of aryl methyl sites for hydroxylation is 1. The van der Waals surface area contributed by atoms with Gasteiger partial charge in [-0.15, -0.1) is 0 Å². The third kappa shape index (κ3) is 2.17. The molecule has 1 aromatic carbocycles. The first-order valence-electron chi connectivity index (χ1n) is 6.04. The number of fused-ring (bicyclic) bond motifs is 1. The summed E-state index contributed by atoms with van der Waals surface area (Å²) in [4.78, 5) is 32.9. The Bertz CT molecular complexity index is 954. The molecule has 0 aliphatic carbocycles. The van der Waals surface area contributed by atoms with E-state index in [2.05, 4.69) is 30.9 Å². The standard InChI is InChI=1S/C13H11BrN4O3/c1-18-11-9(12(19)17-13(18)20)15-10(16-11)6-3-4-8(21-2)7(14)5-6/h3-5H,1-2H3,(H,15,16)(H,17,19,20). The van der Waals surface area contributed by atoms with Gasteiger partial charge in [-0.25, -0.2) is 9.78 Å². The third-order valence-electron chi connectivity index (χ3n) is 3.18. The summed E-state index contributed by atoms with van der Waals surface area (Å²) in [6.45, 7) is 0. The van der Waals surface area contributed by atoms with Crippen LogP contribution >= 0.6 is 15.9 Å². The highest BCUT2D eigenvalue weighted by Gasteiger charge is 2.13. The van der Waals surface area contributed by atoms with Crippen LogP contribution in [0.15, 0.2) is 32.3 Å². The molecule has 0 unspecified atom stereocenters. The van der Waals surface area contributed by atoms with Crippen molar-refractivity contribution in [3.05, 3.63) is 43.5 Å². The fourth-order valence-corrected chi connectivity index (χ4v) is 2.60. The normalized spacial score (nSPS) is 11.0. The highest BCUT2D eigenvalue weighted by Crippen LogP contribution is 2.29. The van der Waals surface area contributed by atoms with Gasteiger partial charge >= 0.3 is 5.69 Å². The van der Waals surface area contributed by atoms with Gasteiger partial charge in [0.15, 0.2) is 5.65 Å². The molecule has 0 bridgehead atoms. The van der Waals surface area contributed by atoms with Gasteiger partial charge in [0.2, 0.25) is 0 Å². The number of methoxy groups -OCH3 is 1. The number of nitrogens with zero attached hydrogens (tertiary/aromatic N) is 2. The van der Waals surface area contributed by atoms with E-state index >= 15 is 0 Å². The monoisotopic (exact) mass is 350 g/mol. The van der Waals surface area contributed by atoms with E-state index in [0.717, 1.165) is 10.0 Å². The summed E-state index contributed by atoms with van der Waals surface area (Å²) in [7, 11) is 3.13. The zero-order valence-corrected chi connectivity index (χ0v) is 12.8. The van der Waals surface area contributed by atoms with Crippen molar-refractivity contribution in [3.63, 3.8) is 0 Å². The molecule has 2 N–H and O–H groups in total. The van der Waals surface area contributed by atoms with Crippen LogP contribution in [0.5, 0.6) is 5.75 Å². The number of aromatic amines is 2. The van der Waals surface area contributed by atoms with Crippen molar-refractivity contribution in [2.75, 3.05) is 7.11 Å². The summed E-state index contributed by atoms with van der Waals surface area (Å²) in [5.41, 5.74) is 0.358. The lowest BCUT2D eigenvalue weighted by molar-refractivity contribution is 0.412. The summed E-state index contributed by atoms with van der Waals surface area (Å²) in [6.07, 6.45) is 0. The Hall–Kier alpha value is -2.35. The number of hydrogen-bond acceptors (Lipinski definition) is 4. The van der Waals surface area contributed by atoms with Gasteiger partial charge in [-0.1, -0.05) is 0 Å². The van der Waals surface area contributed by atoms with Crippen molar-refractivity contribution in [1.29, 1.82) is 0 Å². The van der Waals surface area contributed by atoms with Crippen LogP contribution < -0.4 is 16.0 Å². The minimum Gasteiger partial charge on any atom is -0.496 e. The van der Waals surface area contributed by atoms with E-state index in [4.69, 9.17) is 4.74 Å². The van der Waals surface area contributed by atoms with Gasteiger partial charge in [0.25, 0.3) is 5.56 Å². The summed E-state index contributed by atoms with van der Waals surface area (Å²) >= 11 is 3.40. The van der Waals surface area contributed by atoms with Gasteiger partial charge < -0.3 is 9.72 Å². The highest BCUT2D eigenvalue weighted by atomic mass is 79.9. The number of ether oxygens (including phenoxy) is 1. The van der Waals surface area contributed by atoms with E-state index in [1.165, 1.54) is 4.57 Å². The van der Waals surface area contributed by atoms with Gasteiger partial charge in [0.05, 0.1) is 11.6 Å². The average Bonchev–Trinajstić information content (AvgIpc) is 2.90. The van der Waals surface area contributed by atoms with Crippen molar-refractivity contribution >= 4 is 27.1 Å². The lowest BCUT2D eigenvalue weighted by Crippen LogP contribution is -2.28. The van der Waals surface area contributed by atoms with Crippen LogP contribution in [0.2, 0.25) is 0 Å². The minimum absolute atomic E-state index is 0.263. The maximum Gasteiger partial charge on any atom is 0.329 e. The Morgan fingerprint density at radius 2 is 2.05 bits per heavy atom. The first-order valence-corrected chi connectivity index (χ1v) is 6.83. The van der Waals surface area contributed by atoms with E-state index in [9.17, 15) is 9.59 Å². The molecular weight excluding hydrogens is 340 g/mol. The molecule has 2 aromatic heterocycles. The SMILES string of the molecule is COc1ccc(-c2nc3c([nH]2)c(=O)[nH]c(=O)n3C)cc1Br. The molecular formula is C13H11BrN4O3. The fraction of sp³-hybridized carbons (Fsp3) is 0.154. The molecule has 0 fully saturated rings. The van der Waals surface area contributed by atoms with Gasteiger partial charge in [-0.2, -0.15) is 0 Å². The van der Waals surface area contributed by atoms with Crippen LogP contribution in [0.3, 0.4) is 0 Å². The van der Waals surface area contributed by atoms with E-state index in [1.54, 1.807) is 20.2 Å². The quantitative estimate of drug-likeness (QED) is 0.730. The largest absolute Gasteiger partial charge is 0.496 e. The van der Waals surface area contributed by atoms with Crippen molar-refractivity contribution in [2.24, 2.45) is 7.05 Å². The molecule has 7 nitrogen and oxygen atoms in total. The Labute approximate surface area is 126 Å². The number of benzene rings is 1. The second-order valence-corrected chi connectivity index (χ2v) is 5.31. The van der Waals surface area contributed by atoms with Crippen molar-refractivity contribution < 1.29 is 4.74 Å². The minimum atomic E-state index is -0.499. The summed E-state index contributed by atoms with van der Waals surface area (Å²) < 4.78 is 7.23. The topological polar surface area (TPSA) is 92.8 Å². The molecule has 8 heteroatoms. The fourth-order valence-electron chi connectivity index (χ4n) is 2.06. The van der Waals surface area contributed by atoms with Gasteiger partial charge in [-0.3, -0.25) is 14.3 Å². The van der Waals surface area contributed by atoms with Gasteiger partial charge in [0.1, 0.15) is 17.1 Å². The number of nitrogens with one attached hydrogen (secondary N) is 2. The molecule has 0 saturated carbocycles. The Morgan fingerprint density at radius 1 is 1.29 bits per heavy atom. The number of imidazole rings is 1. The molecule has 108 valence electrons. The first-order chi connectivity index (χ1) is 10.0. The second kappa shape index (κ2) is 4.88. The zero-order valence-electron chi connectivity index (χ0n) is 11.2. The number of halogens is 1. The lowest BCUT2D eigenvalue weighted by atomic mass is 10.2. The highest BCUT2D eigenvalue weighted by molar-refractivity contribution is 9.10. The smallest absolute Gasteiger partial charge is 0.329 e. The van der Waals surface area contributed by atoms with Crippen molar-refractivity contribution in [3.8, 4) is 17.1 Å². The van der Waals surface area contributed by atoms with Crippen LogP contribution in [0.1, 0.15) is 0 Å². The Morgan fingerprint density at radius 3 is 2.71 bits per heavy atom. The van der Waals surface area contributed by atoms with Crippen LogP contribution in [-0.4, -0.2) is 26.6 Å². The van der Waals surface area contributed by atoms with Crippen molar-refractivity contribution in [2.45, 2.75) is 0 Å². The van der Waals surface area contributed by atoms with Crippen LogP contribution in [0.25, 0.3) is 22.6 Å². The molecule has 21 heavy (non-hydrogen) atoms. The molecule has 0 atom stereocenters. The molecule has 0 radical (unpaired) electrons. The first kappa shape index (κ1) is 13.6. The molecule has 2 heterocycles. The molecule has 0 saturated heterocycles. The van der Waals surface area contributed by atoms with E-state index in [-0.39, 0.29) is 5.52 Å². The average molecular weight is 351 g/mol. The van der Waals surface area contributed by atoms with Crippen LogP contribution in [-0.2, 0) is 7.05 Å². The molecule has 3 aromatic rings. The van der Waals surface area contributed by atoms with E-state index < -0.39 is 11.2 Å². The van der Waals surface area contributed by atoms with E-state index in [0.29, 0.717) is 17.2 Å². The zero-order chi connectivity index (χ0) is 15.1. The number of H-pyrrole nitrogens is 2. The maximum absolute atomic E-state index is 11.8. The predicted molar refractivity (Wildman–Crippen MR) is 81.6 cm³/mol. The van der Waals surface area contributed by atoms with E-state index in [1.807, 2.05) is 12.1 Å². The van der Waals surface area contributed by atoms with Crippen LogP contribution in [0.4, 0.5) is 0 Å². The molecule has 0 aliphatic heterocycles. The number of hydrogen-bond donors (Lipinski definition) is 2. The van der Waals surface area contributed by atoms with Gasteiger partial charge in [-0.05, 0) is 34.1 Å². The number of rotatable bonds is 2. The van der Waals surface area contributed by atoms with Crippen LogP contribution in [0, 0.1) is 0 Å². The Balaban J connectivity index is 2.25. The maximum atomic E-state index is 11.8. The summed E-state index contributed by atoms with van der Waals surface area (Å²) in [5.74, 6) is 1.19. The molecule has 0 spiro atoms. The molecule has 0 amide bonds.